The molecule has 1 atom stereocenters. The van der Waals surface area contributed by atoms with E-state index in [0.29, 0.717) is 18.2 Å². The third-order valence-electron chi connectivity index (χ3n) is 3.26. The number of nitrogens with one attached hydrogen (secondary N) is 1. The first-order chi connectivity index (χ1) is 9.28. The second-order valence-corrected chi connectivity index (χ2v) is 7.08. The molecule has 6 heteroatoms. The number of carbonyl (C=O) groups excluding carboxylic acids is 2. The zero-order valence-corrected chi connectivity index (χ0v) is 14.0. The van der Waals surface area contributed by atoms with Gasteiger partial charge in [0.2, 0.25) is 11.8 Å². The molecule has 116 valence electrons. The van der Waals surface area contributed by atoms with E-state index in [1.54, 1.807) is 16.7 Å². The Labute approximate surface area is 126 Å². The molecule has 0 radical (unpaired) electrons. The van der Waals surface area contributed by atoms with Crippen LogP contribution in [0.4, 0.5) is 0 Å². The van der Waals surface area contributed by atoms with Crippen molar-refractivity contribution in [3.8, 4) is 0 Å². The molecule has 0 saturated carbocycles. The Hall–Kier alpha value is -0.750. The van der Waals surface area contributed by atoms with Gasteiger partial charge in [0.1, 0.15) is 6.04 Å². The molecule has 1 aliphatic rings. The Morgan fingerprint density at radius 2 is 1.90 bits per heavy atom. The van der Waals surface area contributed by atoms with Crippen LogP contribution in [0.5, 0.6) is 0 Å². The van der Waals surface area contributed by atoms with E-state index >= 15 is 0 Å². The van der Waals surface area contributed by atoms with Gasteiger partial charge < -0.3 is 10.2 Å². The summed E-state index contributed by atoms with van der Waals surface area (Å²) >= 11 is 1.64. The normalized spacial score (nSPS) is 19.5. The minimum absolute atomic E-state index is 0.0459. The zero-order valence-electron chi connectivity index (χ0n) is 13.2. The highest BCUT2D eigenvalue weighted by Gasteiger charge is 2.35. The van der Waals surface area contributed by atoms with Gasteiger partial charge in [0, 0.05) is 11.3 Å². The van der Waals surface area contributed by atoms with E-state index in [0.717, 1.165) is 13.1 Å². The number of amides is 2. The SMILES string of the molecule is CCN(CC)CC(=O)N1CSCC1C(=O)NC(C)(C)C. The average molecular weight is 301 g/mol. The van der Waals surface area contributed by atoms with E-state index in [1.165, 1.54) is 0 Å². The molecule has 1 aliphatic heterocycles. The second kappa shape index (κ2) is 7.31. The van der Waals surface area contributed by atoms with Crippen molar-refractivity contribution >= 4 is 23.6 Å². The predicted molar refractivity (Wildman–Crippen MR) is 83.6 cm³/mol. The summed E-state index contributed by atoms with van der Waals surface area (Å²) in [7, 11) is 0. The number of hydrogen-bond donors (Lipinski definition) is 1. The Kier molecular flexibility index (Phi) is 6.33. The lowest BCUT2D eigenvalue weighted by Gasteiger charge is -2.29. The summed E-state index contributed by atoms with van der Waals surface area (Å²) in [5, 5.41) is 2.97. The number of likely N-dealkylation sites (N-methyl/N-ethyl adjacent to an activating group) is 1. The first-order valence-electron chi connectivity index (χ1n) is 7.20. The largest absolute Gasteiger partial charge is 0.350 e. The molecular formula is C14H27N3O2S. The lowest BCUT2D eigenvalue weighted by Crippen LogP contribution is -2.53. The fraction of sp³-hybridized carbons (Fsp3) is 0.857. The van der Waals surface area contributed by atoms with Crippen LogP contribution >= 0.6 is 11.8 Å². The first-order valence-corrected chi connectivity index (χ1v) is 8.35. The molecule has 1 rings (SSSR count). The second-order valence-electron chi connectivity index (χ2n) is 6.08. The van der Waals surface area contributed by atoms with Gasteiger partial charge in [-0.1, -0.05) is 13.8 Å². The fourth-order valence-corrected chi connectivity index (χ4v) is 3.27. The molecular weight excluding hydrogens is 274 g/mol. The molecule has 0 aliphatic carbocycles. The van der Waals surface area contributed by atoms with Gasteiger partial charge in [-0.05, 0) is 33.9 Å². The van der Waals surface area contributed by atoms with Crippen LogP contribution in [0.1, 0.15) is 34.6 Å². The predicted octanol–water partition coefficient (Wildman–Crippen LogP) is 1.14. The van der Waals surface area contributed by atoms with Crippen LogP contribution in [0.3, 0.4) is 0 Å². The van der Waals surface area contributed by atoms with Gasteiger partial charge in [-0.15, -0.1) is 11.8 Å². The standard InChI is InChI=1S/C14H27N3O2S/c1-6-16(7-2)8-12(18)17-10-20-9-11(17)13(19)15-14(3,4)5/h11H,6-10H2,1-5H3,(H,15,19). The van der Waals surface area contributed by atoms with Gasteiger partial charge in [0.15, 0.2) is 0 Å². The van der Waals surface area contributed by atoms with Gasteiger partial charge in [-0.2, -0.15) is 0 Å². The topological polar surface area (TPSA) is 52.7 Å². The molecule has 0 aromatic heterocycles. The number of nitrogens with zero attached hydrogens (tertiary/aromatic N) is 2. The van der Waals surface area contributed by atoms with Gasteiger partial charge in [0.05, 0.1) is 12.4 Å². The summed E-state index contributed by atoms with van der Waals surface area (Å²) in [5.41, 5.74) is -0.266. The van der Waals surface area contributed by atoms with Crippen molar-refractivity contribution in [1.82, 2.24) is 15.1 Å². The highest BCUT2D eigenvalue weighted by Crippen LogP contribution is 2.22. The Balaban J connectivity index is 2.64. The van der Waals surface area contributed by atoms with E-state index in [4.69, 9.17) is 0 Å². The van der Waals surface area contributed by atoms with E-state index in [-0.39, 0.29) is 23.4 Å². The van der Waals surface area contributed by atoms with Crippen molar-refractivity contribution in [3.63, 3.8) is 0 Å². The van der Waals surface area contributed by atoms with E-state index < -0.39 is 0 Å². The van der Waals surface area contributed by atoms with Crippen LogP contribution in [-0.2, 0) is 9.59 Å². The maximum Gasteiger partial charge on any atom is 0.244 e. The lowest BCUT2D eigenvalue weighted by atomic mass is 10.1. The molecule has 1 saturated heterocycles. The van der Waals surface area contributed by atoms with Gasteiger partial charge in [0.25, 0.3) is 0 Å². The molecule has 0 aromatic rings. The molecule has 1 heterocycles. The summed E-state index contributed by atoms with van der Waals surface area (Å²) in [6.45, 7) is 12.0. The van der Waals surface area contributed by atoms with Crippen LogP contribution in [0.15, 0.2) is 0 Å². The van der Waals surface area contributed by atoms with Crippen molar-refractivity contribution in [2.75, 3.05) is 31.3 Å². The third kappa shape index (κ3) is 4.98. The van der Waals surface area contributed by atoms with Gasteiger partial charge >= 0.3 is 0 Å². The van der Waals surface area contributed by atoms with Gasteiger partial charge in [-0.3, -0.25) is 14.5 Å². The fourth-order valence-electron chi connectivity index (χ4n) is 2.09. The van der Waals surface area contributed by atoms with Crippen LogP contribution in [0.2, 0.25) is 0 Å². The number of carbonyl (C=O) groups is 2. The Morgan fingerprint density at radius 1 is 1.30 bits per heavy atom. The van der Waals surface area contributed by atoms with Crippen molar-refractivity contribution in [3.05, 3.63) is 0 Å². The monoisotopic (exact) mass is 301 g/mol. The Morgan fingerprint density at radius 3 is 2.40 bits per heavy atom. The highest BCUT2D eigenvalue weighted by molar-refractivity contribution is 7.99. The third-order valence-corrected chi connectivity index (χ3v) is 4.27. The lowest BCUT2D eigenvalue weighted by molar-refractivity contribution is -0.139. The summed E-state index contributed by atoms with van der Waals surface area (Å²) < 4.78 is 0. The molecule has 2 amide bonds. The van der Waals surface area contributed by atoms with Crippen LogP contribution in [0, 0.1) is 0 Å². The molecule has 5 nitrogen and oxygen atoms in total. The molecule has 1 N–H and O–H groups in total. The van der Waals surface area contributed by atoms with Crippen LogP contribution in [-0.4, -0.2) is 64.5 Å². The van der Waals surface area contributed by atoms with E-state index in [9.17, 15) is 9.59 Å². The smallest absolute Gasteiger partial charge is 0.244 e. The zero-order chi connectivity index (χ0) is 15.3. The summed E-state index contributed by atoms with van der Waals surface area (Å²) in [4.78, 5) is 28.4. The molecule has 0 spiro atoms. The molecule has 0 aromatic carbocycles. The van der Waals surface area contributed by atoms with Crippen LogP contribution in [0.25, 0.3) is 0 Å². The first kappa shape index (κ1) is 17.3. The van der Waals surface area contributed by atoms with Gasteiger partial charge in [-0.25, -0.2) is 0 Å². The van der Waals surface area contributed by atoms with E-state index in [2.05, 4.69) is 10.2 Å². The maximum atomic E-state index is 12.3. The minimum Gasteiger partial charge on any atom is -0.350 e. The number of thioether (sulfide) groups is 1. The summed E-state index contributed by atoms with van der Waals surface area (Å²) in [5.74, 6) is 1.30. The minimum atomic E-state index is -0.331. The number of rotatable bonds is 5. The van der Waals surface area contributed by atoms with Crippen molar-refractivity contribution in [2.24, 2.45) is 0 Å². The van der Waals surface area contributed by atoms with E-state index in [1.807, 2.05) is 34.6 Å². The molecule has 0 bridgehead atoms. The molecule has 1 fully saturated rings. The highest BCUT2D eigenvalue weighted by atomic mass is 32.2. The van der Waals surface area contributed by atoms with Crippen LogP contribution < -0.4 is 5.32 Å². The molecule has 20 heavy (non-hydrogen) atoms. The van der Waals surface area contributed by atoms with Crippen molar-refractivity contribution in [1.29, 1.82) is 0 Å². The Bertz CT molecular complexity index is 351. The maximum absolute atomic E-state index is 12.3. The summed E-state index contributed by atoms with van der Waals surface area (Å²) in [6, 6.07) is -0.331. The van der Waals surface area contributed by atoms with Crippen molar-refractivity contribution < 1.29 is 9.59 Å². The van der Waals surface area contributed by atoms with Crippen molar-refractivity contribution in [2.45, 2.75) is 46.2 Å². The average Bonchev–Trinajstić information content (AvgIpc) is 2.82. The summed E-state index contributed by atoms with van der Waals surface area (Å²) in [6.07, 6.45) is 0. The molecule has 1 unspecified atom stereocenters. The number of hydrogen-bond acceptors (Lipinski definition) is 4. The quantitative estimate of drug-likeness (QED) is 0.827.